The highest BCUT2D eigenvalue weighted by molar-refractivity contribution is 6.30. The molecule has 0 aliphatic carbocycles. The van der Waals surface area contributed by atoms with Crippen LogP contribution in [0.5, 0.6) is 0 Å². The molecule has 1 atom stereocenters. The molecule has 0 aliphatic heterocycles. The van der Waals surface area contributed by atoms with Gasteiger partial charge in [0.2, 0.25) is 0 Å². The average Bonchev–Trinajstić information content (AvgIpc) is 2.33. The number of aliphatic carboxylic acids is 1. The monoisotopic (exact) mass is 305 g/mol. The summed E-state index contributed by atoms with van der Waals surface area (Å²) in [5.41, 5.74) is -0.501. The summed E-state index contributed by atoms with van der Waals surface area (Å²) in [7, 11) is 0. The number of carboxylic acid groups (broad SMARTS) is 1. The molecule has 0 aromatic heterocycles. The van der Waals surface area contributed by atoms with Crippen LogP contribution in [0.4, 0.5) is 8.78 Å². The minimum Gasteiger partial charge on any atom is -0.481 e. The van der Waals surface area contributed by atoms with Crippen LogP contribution in [0.1, 0.15) is 36.5 Å². The van der Waals surface area contributed by atoms with Crippen LogP contribution in [0.25, 0.3) is 0 Å². The summed E-state index contributed by atoms with van der Waals surface area (Å²) in [6.45, 7) is 1.82. The van der Waals surface area contributed by atoms with Crippen molar-refractivity contribution in [2.75, 3.05) is 0 Å². The molecular weight excluding hydrogens is 292 g/mol. The normalized spacial score (nSPS) is 12.0. The Balaban J connectivity index is 2.88. The standard InChI is InChI=1S/C13H14ClF2NO3/c1-2-3-7(4-12(18)19)17-13(20)8-5-11(16)9(14)6-10(8)15/h5-7H,2-4H2,1H3,(H,17,20)(H,18,19). The van der Waals surface area contributed by atoms with Crippen LogP contribution < -0.4 is 5.32 Å². The average molecular weight is 306 g/mol. The van der Waals surface area contributed by atoms with E-state index < -0.39 is 40.1 Å². The number of amides is 1. The number of carboxylic acids is 1. The van der Waals surface area contributed by atoms with E-state index in [0.29, 0.717) is 25.0 Å². The molecule has 7 heteroatoms. The smallest absolute Gasteiger partial charge is 0.305 e. The molecule has 1 aromatic rings. The summed E-state index contributed by atoms with van der Waals surface area (Å²) >= 11 is 5.39. The van der Waals surface area contributed by atoms with Crippen molar-refractivity contribution in [2.45, 2.75) is 32.2 Å². The van der Waals surface area contributed by atoms with Gasteiger partial charge in [-0.25, -0.2) is 8.78 Å². The van der Waals surface area contributed by atoms with Crippen LogP contribution >= 0.6 is 11.6 Å². The fourth-order valence-electron chi connectivity index (χ4n) is 1.74. The third-order valence-electron chi connectivity index (χ3n) is 2.65. The fraction of sp³-hybridized carbons (Fsp3) is 0.385. The lowest BCUT2D eigenvalue weighted by atomic mass is 10.1. The number of nitrogens with one attached hydrogen (secondary N) is 1. The number of hydrogen-bond acceptors (Lipinski definition) is 2. The number of hydrogen-bond donors (Lipinski definition) is 2. The van der Waals surface area contributed by atoms with E-state index >= 15 is 0 Å². The second kappa shape index (κ2) is 7.19. The van der Waals surface area contributed by atoms with Crippen molar-refractivity contribution in [3.63, 3.8) is 0 Å². The van der Waals surface area contributed by atoms with Crippen molar-refractivity contribution in [1.82, 2.24) is 5.32 Å². The highest BCUT2D eigenvalue weighted by Gasteiger charge is 2.20. The number of rotatable bonds is 6. The van der Waals surface area contributed by atoms with E-state index in [1.807, 2.05) is 6.92 Å². The van der Waals surface area contributed by atoms with E-state index in [-0.39, 0.29) is 6.42 Å². The van der Waals surface area contributed by atoms with Gasteiger partial charge in [-0.15, -0.1) is 0 Å². The lowest BCUT2D eigenvalue weighted by molar-refractivity contribution is -0.137. The number of halogens is 3. The first kappa shape index (κ1) is 16.4. The van der Waals surface area contributed by atoms with Crippen molar-refractivity contribution >= 4 is 23.5 Å². The van der Waals surface area contributed by atoms with E-state index in [2.05, 4.69) is 5.32 Å². The van der Waals surface area contributed by atoms with Crippen molar-refractivity contribution in [2.24, 2.45) is 0 Å². The fourth-order valence-corrected chi connectivity index (χ4v) is 1.89. The predicted molar refractivity (Wildman–Crippen MR) is 69.8 cm³/mol. The molecule has 0 spiro atoms. The molecule has 0 saturated carbocycles. The van der Waals surface area contributed by atoms with Gasteiger partial charge in [0, 0.05) is 6.04 Å². The van der Waals surface area contributed by atoms with Crippen LogP contribution in [-0.4, -0.2) is 23.0 Å². The number of benzene rings is 1. The third-order valence-corrected chi connectivity index (χ3v) is 2.94. The van der Waals surface area contributed by atoms with Crippen LogP contribution in [0.15, 0.2) is 12.1 Å². The molecule has 0 fully saturated rings. The SMILES string of the molecule is CCCC(CC(=O)O)NC(=O)c1cc(F)c(Cl)cc1F. The zero-order valence-corrected chi connectivity index (χ0v) is 11.5. The van der Waals surface area contributed by atoms with E-state index in [0.717, 1.165) is 0 Å². The second-order valence-electron chi connectivity index (χ2n) is 4.30. The molecule has 1 amide bonds. The zero-order valence-electron chi connectivity index (χ0n) is 10.8. The number of carbonyl (C=O) groups is 2. The van der Waals surface area contributed by atoms with E-state index in [4.69, 9.17) is 16.7 Å². The van der Waals surface area contributed by atoms with Gasteiger partial charge in [0.05, 0.1) is 17.0 Å². The summed E-state index contributed by atoms with van der Waals surface area (Å²) in [4.78, 5) is 22.5. The minimum atomic E-state index is -1.08. The van der Waals surface area contributed by atoms with Crippen LogP contribution in [0.2, 0.25) is 5.02 Å². The minimum absolute atomic E-state index is 0.280. The van der Waals surface area contributed by atoms with Gasteiger partial charge in [-0.3, -0.25) is 9.59 Å². The van der Waals surface area contributed by atoms with Gasteiger partial charge in [0.1, 0.15) is 11.6 Å². The molecule has 1 unspecified atom stereocenters. The molecular formula is C13H14ClF2NO3. The molecule has 2 N–H and O–H groups in total. The molecule has 0 radical (unpaired) electrons. The summed E-state index contributed by atoms with van der Waals surface area (Å²) in [6, 6.07) is 0.761. The van der Waals surface area contributed by atoms with Gasteiger partial charge in [0.15, 0.2) is 0 Å². The predicted octanol–water partition coefficient (Wildman–Crippen LogP) is 2.99. The summed E-state index contributed by atoms with van der Waals surface area (Å²) in [5.74, 6) is -3.81. The first-order chi connectivity index (χ1) is 9.35. The van der Waals surface area contributed by atoms with Crippen molar-refractivity contribution in [1.29, 1.82) is 0 Å². The molecule has 1 aromatic carbocycles. The maximum absolute atomic E-state index is 13.6. The topological polar surface area (TPSA) is 66.4 Å². The van der Waals surface area contributed by atoms with Crippen LogP contribution in [0.3, 0.4) is 0 Å². The molecule has 0 saturated heterocycles. The van der Waals surface area contributed by atoms with E-state index in [9.17, 15) is 18.4 Å². The van der Waals surface area contributed by atoms with Gasteiger partial charge < -0.3 is 10.4 Å². The molecule has 0 aliphatic rings. The lowest BCUT2D eigenvalue weighted by Crippen LogP contribution is -2.36. The Labute approximate surface area is 119 Å². The third kappa shape index (κ3) is 4.45. The number of carbonyl (C=O) groups excluding carboxylic acids is 1. The molecule has 20 heavy (non-hydrogen) atoms. The second-order valence-corrected chi connectivity index (χ2v) is 4.71. The Kier molecular flexibility index (Phi) is 5.88. The van der Waals surface area contributed by atoms with Gasteiger partial charge in [0.25, 0.3) is 5.91 Å². The highest BCUT2D eigenvalue weighted by Crippen LogP contribution is 2.19. The first-order valence-corrected chi connectivity index (χ1v) is 6.40. The van der Waals surface area contributed by atoms with Crippen LogP contribution in [-0.2, 0) is 4.79 Å². The Morgan fingerprint density at radius 2 is 2.00 bits per heavy atom. The maximum Gasteiger partial charge on any atom is 0.305 e. The zero-order chi connectivity index (χ0) is 15.3. The largest absolute Gasteiger partial charge is 0.481 e. The van der Waals surface area contributed by atoms with Gasteiger partial charge in [-0.1, -0.05) is 24.9 Å². The molecule has 0 heterocycles. The highest BCUT2D eigenvalue weighted by atomic mass is 35.5. The Morgan fingerprint density at radius 3 is 2.55 bits per heavy atom. The van der Waals surface area contributed by atoms with Crippen LogP contribution in [0, 0.1) is 11.6 Å². The molecule has 1 rings (SSSR count). The van der Waals surface area contributed by atoms with Crippen molar-refractivity contribution in [3.8, 4) is 0 Å². The first-order valence-electron chi connectivity index (χ1n) is 6.02. The lowest BCUT2D eigenvalue weighted by Gasteiger charge is -2.16. The quantitative estimate of drug-likeness (QED) is 0.794. The molecule has 0 bridgehead atoms. The van der Waals surface area contributed by atoms with E-state index in [1.54, 1.807) is 0 Å². The Morgan fingerprint density at radius 1 is 1.35 bits per heavy atom. The van der Waals surface area contributed by atoms with Crippen molar-refractivity contribution in [3.05, 3.63) is 34.4 Å². The summed E-state index contributed by atoms with van der Waals surface area (Å²) in [6.07, 6.45) is 0.794. The molecule has 110 valence electrons. The Bertz CT molecular complexity index is 523. The maximum atomic E-state index is 13.6. The van der Waals surface area contributed by atoms with Gasteiger partial charge in [-0.2, -0.15) is 0 Å². The molecule has 4 nitrogen and oxygen atoms in total. The van der Waals surface area contributed by atoms with Gasteiger partial charge >= 0.3 is 5.97 Å². The Hall–Kier alpha value is -1.69. The summed E-state index contributed by atoms with van der Waals surface area (Å²) < 4.78 is 26.8. The summed E-state index contributed by atoms with van der Waals surface area (Å²) in [5, 5.41) is 10.7. The van der Waals surface area contributed by atoms with Gasteiger partial charge in [-0.05, 0) is 18.6 Å². The van der Waals surface area contributed by atoms with E-state index in [1.165, 1.54) is 0 Å². The van der Waals surface area contributed by atoms with Crippen molar-refractivity contribution < 1.29 is 23.5 Å².